The number of ether oxygens (including phenoxy) is 1. The minimum atomic E-state index is -1.36. The largest absolute Gasteiger partial charge is 0.477 e. The topological polar surface area (TPSA) is 89.6 Å². The van der Waals surface area contributed by atoms with Crippen molar-refractivity contribution in [2.75, 3.05) is 0 Å². The van der Waals surface area contributed by atoms with Gasteiger partial charge in [0.25, 0.3) is 5.76 Å². The van der Waals surface area contributed by atoms with Crippen LogP contribution < -0.4 is 4.74 Å². The highest BCUT2D eigenvalue weighted by Crippen LogP contribution is 2.15. The number of carboxylic acid groups (broad SMARTS) is 1. The number of carboxylic acids is 1. The molecular weight excluding hydrogens is 245 g/mol. The van der Waals surface area contributed by atoms with Crippen molar-refractivity contribution in [3.63, 3.8) is 0 Å². The quantitative estimate of drug-likeness (QED) is 0.660. The molecule has 7 heteroatoms. The van der Waals surface area contributed by atoms with Gasteiger partial charge >= 0.3 is 11.9 Å². The maximum absolute atomic E-state index is 12.6. The zero-order chi connectivity index (χ0) is 13.1. The fourth-order valence-corrected chi connectivity index (χ4v) is 1.20. The lowest BCUT2D eigenvalue weighted by atomic mass is 10.2. The first-order valence-corrected chi connectivity index (χ1v) is 4.73. The first-order chi connectivity index (χ1) is 8.58. The molecule has 0 unspecified atom stereocenters. The summed E-state index contributed by atoms with van der Waals surface area (Å²) < 4.78 is 21.9. The van der Waals surface area contributed by atoms with Gasteiger partial charge in [-0.25, -0.2) is 14.0 Å². The Morgan fingerprint density at radius 1 is 1.28 bits per heavy atom. The third kappa shape index (κ3) is 2.34. The first-order valence-electron chi connectivity index (χ1n) is 4.73. The lowest BCUT2D eigenvalue weighted by Crippen LogP contribution is -2.12. The van der Waals surface area contributed by atoms with Crippen LogP contribution in [0, 0.1) is 5.82 Å². The monoisotopic (exact) mass is 251 g/mol. The Morgan fingerprint density at radius 3 is 2.56 bits per heavy atom. The molecule has 6 nitrogen and oxygen atoms in total. The molecule has 0 atom stereocenters. The molecule has 0 spiro atoms. The number of hydrogen-bond donors (Lipinski definition) is 1. The van der Waals surface area contributed by atoms with Gasteiger partial charge in [-0.3, -0.25) is 0 Å². The number of carbonyl (C=O) groups excluding carboxylic acids is 1. The molecule has 1 aromatic carbocycles. The van der Waals surface area contributed by atoms with Gasteiger partial charge < -0.3 is 14.4 Å². The van der Waals surface area contributed by atoms with Crippen molar-refractivity contribution in [1.29, 1.82) is 0 Å². The third-order valence-electron chi connectivity index (χ3n) is 2.01. The molecule has 0 saturated carbocycles. The summed E-state index contributed by atoms with van der Waals surface area (Å²) in [6.07, 6.45) is 0.892. The first kappa shape index (κ1) is 11.8. The van der Waals surface area contributed by atoms with E-state index in [2.05, 4.69) is 9.68 Å². The lowest BCUT2D eigenvalue weighted by molar-refractivity contribution is 0.0644. The minimum absolute atomic E-state index is 0.0640. The summed E-state index contributed by atoms with van der Waals surface area (Å²) in [5.41, 5.74) is -0.401. The van der Waals surface area contributed by atoms with Gasteiger partial charge in [0.15, 0.2) is 0 Å². The van der Waals surface area contributed by atoms with E-state index in [1.165, 1.54) is 12.1 Å². The number of carbonyl (C=O) groups is 2. The standard InChI is InChI=1S/C11H6FNO5/c12-6-1-3-7(4-2-6)17-11(16)9-8(10(14)15)5-13-18-9/h1-5H,(H,14,15). The van der Waals surface area contributed by atoms with Gasteiger partial charge in [0, 0.05) is 0 Å². The van der Waals surface area contributed by atoms with Crippen LogP contribution in [0.1, 0.15) is 20.9 Å². The summed E-state index contributed by atoms with van der Waals surface area (Å²) in [6, 6.07) is 4.65. The van der Waals surface area contributed by atoms with Gasteiger partial charge in [-0.15, -0.1) is 0 Å². The van der Waals surface area contributed by atoms with Crippen molar-refractivity contribution in [2.45, 2.75) is 0 Å². The zero-order valence-electron chi connectivity index (χ0n) is 8.79. The van der Waals surface area contributed by atoms with Gasteiger partial charge in [0.1, 0.15) is 17.1 Å². The van der Waals surface area contributed by atoms with E-state index in [0.29, 0.717) is 0 Å². The van der Waals surface area contributed by atoms with E-state index >= 15 is 0 Å². The Labute approximate surface area is 99.6 Å². The molecule has 0 aliphatic carbocycles. The molecule has 0 aliphatic heterocycles. The Kier molecular flexibility index (Phi) is 3.05. The number of rotatable bonds is 3. The molecule has 1 aromatic heterocycles. The summed E-state index contributed by atoms with van der Waals surface area (Å²) in [4.78, 5) is 22.3. The van der Waals surface area contributed by atoms with Crippen LogP contribution in [0.2, 0.25) is 0 Å². The Bertz CT molecular complexity index is 590. The molecule has 2 aromatic rings. The van der Waals surface area contributed by atoms with Crippen LogP contribution in [-0.4, -0.2) is 22.2 Å². The molecule has 0 fully saturated rings. The fourth-order valence-electron chi connectivity index (χ4n) is 1.20. The van der Waals surface area contributed by atoms with E-state index in [1.54, 1.807) is 0 Å². The van der Waals surface area contributed by atoms with Crippen LogP contribution in [0.4, 0.5) is 4.39 Å². The predicted molar refractivity (Wildman–Crippen MR) is 54.8 cm³/mol. The van der Waals surface area contributed by atoms with Crippen LogP contribution in [0.15, 0.2) is 35.0 Å². The van der Waals surface area contributed by atoms with Crippen molar-refractivity contribution in [3.8, 4) is 5.75 Å². The number of halogens is 1. The van der Waals surface area contributed by atoms with E-state index in [0.717, 1.165) is 18.3 Å². The second-order valence-electron chi connectivity index (χ2n) is 3.22. The second kappa shape index (κ2) is 4.66. The average Bonchev–Trinajstić information content (AvgIpc) is 2.81. The van der Waals surface area contributed by atoms with Crippen molar-refractivity contribution < 1.29 is 28.3 Å². The minimum Gasteiger partial charge on any atom is -0.477 e. The highest BCUT2D eigenvalue weighted by atomic mass is 19.1. The molecule has 1 heterocycles. The number of benzene rings is 1. The summed E-state index contributed by atoms with van der Waals surface area (Å²) in [6.45, 7) is 0. The molecule has 1 N–H and O–H groups in total. The Balaban J connectivity index is 2.19. The number of esters is 1. The molecular formula is C11H6FNO5. The number of nitrogens with zero attached hydrogens (tertiary/aromatic N) is 1. The molecule has 0 saturated heterocycles. The van der Waals surface area contributed by atoms with Gasteiger partial charge in [0.05, 0.1) is 6.20 Å². The Hall–Kier alpha value is -2.70. The fraction of sp³-hybridized carbons (Fsp3) is 0. The maximum Gasteiger partial charge on any atom is 0.383 e. The molecule has 0 bridgehead atoms. The van der Waals surface area contributed by atoms with Crippen LogP contribution in [0.25, 0.3) is 0 Å². The molecule has 2 rings (SSSR count). The van der Waals surface area contributed by atoms with Crippen molar-refractivity contribution in [2.24, 2.45) is 0 Å². The lowest BCUT2D eigenvalue weighted by Gasteiger charge is -2.01. The number of hydrogen-bond acceptors (Lipinski definition) is 5. The molecule has 0 amide bonds. The Morgan fingerprint density at radius 2 is 1.94 bits per heavy atom. The van der Waals surface area contributed by atoms with E-state index in [4.69, 9.17) is 9.84 Å². The zero-order valence-corrected chi connectivity index (χ0v) is 8.79. The van der Waals surface area contributed by atoms with Crippen LogP contribution in [0.3, 0.4) is 0 Å². The average molecular weight is 251 g/mol. The normalized spacial score (nSPS) is 10.1. The van der Waals surface area contributed by atoms with Gasteiger partial charge in [-0.05, 0) is 24.3 Å². The number of aromatic carboxylic acids is 1. The smallest absolute Gasteiger partial charge is 0.383 e. The molecule has 18 heavy (non-hydrogen) atoms. The van der Waals surface area contributed by atoms with Crippen molar-refractivity contribution >= 4 is 11.9 Å². The van der Waals surface area contributed by atoms with E-state index < -0.39 is 29.1 Å². The SMILES string of the molecule is O=C(O)c1cnoc1C(=O)Oc1ccc(F)cc1. The third-order valence-corrected chi connectivity index (χ3v) is 2.01. The van der Waals surface area contributed by atoms with E-state index in [9.17, 15) is 14.0 Å². The van der Waals surface area contributed by atoms with Crippen LogP contribution >= 0.6 is 0 Å². The van der Waals surface area contributed by atoms with Crippen LogP contribution in [0.5, 0.6) is 5.75 Å². The summed E-state index contributed by atoms with van der Waals surface area (Å²) in [7, 11) is 0. The molecule has 92 valence electrons. The summed E-state index contributed by atoms with van der Waals surface area (Å²) >= 11 is 0. The van der Waals surface area contributed by atoms with E-state index in [-0.39, 0.29) is 5.75 Å². The van der Waals surface area contributed by atoms with Crippen molar-refractivity contribution in [1.82, 2.24) is 5.16 Å². The van der Waals surface area contributed by atoms with E-state index in [1.807, 2.05) is 0 Å². The highest BCUT2D eigenvalue weighted by Gasteiger charge is 2.23. The molecule has 0 radical (unpaired) electrons. The summed E-state index contributed by atoms with van der Waals surface area (Å²) in [5.74, 6) is -3.32. The number of aromatic nitrogens is 1. The maximum atomic E-state index is 12.6. The van der Waals surface area contributed by atoms with Crippen molar-refractivity contribution in [3.05, 3.63) is 47.6 Å². The summed E-state index contributed by atoms with van der Waals surface area (Å²) in [5, 5.41) is 12.0. The van der Waals surface area contributed by atoms with Gasteiger partial charge in [-0.2, -0.15) is 0 Å². The predicted octanol–water partition coefficient (Wildman–Crippen LogP) is 1.73. The highest BCUT2D eigenvalue weighted by molar-refractivity contribution is 6.00. The molecule has 0 aliphatic rings. The second-order valence-corrected chi connectivity index (χ2v) is 3.22. The van der Waals surface area contributed by atoms with Gasteiger partial charge in [0.2, 0.25) is 0 Å². The van der Waals surface area contributed by atoms with Gasteiger partial charge in [-0.1, -0.05) is 5.16 Å². The van der Waals surface area contributed by atoms with Crippen LogP contribution in [-0.2, 0) is 0 Å².